The van der Waals surface area contributed by atoms with Crippen LogP contribution in [0.25, 0.3) is 5.69 Å². The van der Waals surface area contributed by atoms with Crippen molar-refractivity contribution < 1.29 is 9.59 Å². The zero-order valence-corrected chi connectivity index (χ0v) is 23.1. The summed E-state index contributed by atoms with van der Waals surface area (Å²) < 4.78 is 1.44. The highest BCUT2D eigenvalue weighted by molar-refractivity contribution is 5.89. The minimum atomic E-state index is -0.945. The third-order valence-electron chi connectivity index (χ3n) is 7.16. The van der Waals surface area contributed by atoms with E-state index in [-0.39, 0.29) is 30.2 Å². The van der Waals surface area contributed by atoms with E-state index in [0.29, 0.717) is 44.0 Å². The number of urea groups is 1. The zero-order chi connectivity index (χ0) is 26.7. The predicted octanol–water partition coefficient (Wildman–Crippen LogP) is 1.38. The number of nitrogens with one attached hydrogen (secondary N) is 1. The van der Waals surface area contributed by atoms with Crippen molar-refractivity contribution in [3.8, 4) is 5.69 Å². The van der Waals surface area contributed by atoms with Gasteiger partial charge < -0.3 is 21.3 Å². The van der Waals surface area contributed by atoms with Crippen LogP contribution in [-0.2, 0) is 11.3 Å². The van der Waals surface area contributed by atoms with Crippen molar-refractivity contribution in [1.82, 2.24) is 24.3 Å². The van der Waals surface area contributed by atoms with Gasteiger partial charge in [0.1, 0.15) is 5.82 Å². The molecule has 2 aliphatic rings. The van der Waals surface area contributed by atoms with Gasteiger partial charge in [-0.15, -0.1) is 12.4 Å². The Hall–Kier alpha value is -2.99. The number of benzene rings is 1. The van der Waals surface area contributed by atoms with Gasteiger partial charge >= 0.3 is 11.7 Å². The molecule has 11 nitrogen and oxygen atoms in total. The number of aromatic nitrogens is 2. The van der Waals surface area contributed by atoms with Crippen LogP contribution in [0, 0.1) is 0 Å². The summed E-state index contributed by atoms with van der Waals surface area (Å²) in [5.41, 5.74) is 12.4. The first kappa shape index (κ1) is 29.6. The van der Waals surface area contributed by atoms with Crippen molar-refractivity contribution in [1.29, 1.82) is 0 Å². The maximum atomic E-state index is 12.7. The number of carbonyl (C=O) groups excluding carboxylic acids is 2. The molecular formula is C26H39ClN8O3. The molecule has 1 aliphatic heterocycles. The number of rotatable bonds is 6. The van der Waals surface area contributed by atoms with E-state index in [9.17, 15) is 14.4 Å². The lowest BCUT2D eigenvalue weighted by Crippen LogP contribution is -2.58. The topological polar surface area (TPSA) is 143 Å². The highest BCUT2D eigenvalue weighted by Crippen LogP contribution is 2.23. The lowest BCUT2D eigenvalue weighted by Gasteiger charge is -2.37. The Bertz CT molecular complexity index is 1170. The highest BCUT2D eigenvalue weighted by atomic mass is 35.5. The first-order valence-corrected chi connectivity index (χ1v) is 12.8. The molecule has 1 aromatic heterocycles. The molecule has 208 valence electrons. The average molecular weight is 547 g/mol. The number of amides is 3. The van der Waals surface area contributed by atoms with Gasteiger partial charge in [-0.3, -0.25) is 19.6 Å². The minimum Gasteiger partial charge on any atom is -0.338 e. The smallest absolute Gasteiger partial charge is 0.338 e. The van der Waals surface area contributed by atoms with Crippen LogP contribution < -0.4 is 22.5 Å². The van der Waals surface area contributed by atoms with E-state index >= 15 is 0 Å². The Morgan fingerprint density at radius 1 is 1.08 bits per heavy atom. The number of halogens is 1. The van der Waals surface area contributed by atoms with E-state index in [1.165, 1.54) is 4.57 Å². The third-order valence-corrected chi connectivity index (χ3v) is 7.16. The van der Waals surface area contributed by atoms with E-state index in [1.54, 1.807) is 35.9 Å². The van der Waals surface area contributed by atoms with Crippen molar-refractivity contribution in [2.75, 3.05) is 38.5 Å². The fraction of sp³-hybridized carbons (Fsp3) is 0.538. The molecule has 38 heavy (non-hydrogen) atoms. The lowest BCUT2D eigenvalue weighted by atomic mass is 10.1. The quantitative estimate of drug-likeness (QED) is 0.496. The molecule has 12 heteroatoms. The normalized spacial score (nSPS) is 19.8. The standard InChI is InChI=1S/C26H38N8O3.ClH/c1-26(2,28)23(35)32-12-14-33(15-13-32)24(36)29-22-10-11-34(25(37)30-22)20-7-4-18(5-8-20)17-31(3)21-9-6-19(27)16-21;/h4-5,7-8,10-11,19,21H,6,9,12-17,27-28H2,1-3H3,(H,29,30,36,37);1H/t19-,21+;/m1./s1. The van der Waals surface area contributed by atoms with E-state index in [0.717, 1.165) is 31.4 Å². The van der Waals surface area contributed by atoms with Crippen LogP contribution in [0.2, 0.25) is 0 Å². The number of nitrogens with zero attached hydrogens (tertiary/aromatic N) is 5. The number of nitrogens with two attached hydrogens (primary N) is 2. The van der Waals surface area contributed by atoms with Gasteiger partial charge in [-0.1, -0.05) is 12.1 Å². The molecule has 2 heterocycles. The SMILES string of the molecule is CN(Cc1ccc(-n2ccc(NC(=O)N3CCN(C(=O)C(C)(C)N)CC3)nc2=O)cc1)[C@H]1CC[C@@H](N)C1.Cl. The average Bonchev–Trinajstić information content (AvgIpc) is 3.30. The predicted molar refractivity (Wildman–Crippen MR) is 150 cm³/mol. The molecule has 1 aliphatic carbocycles. The Morgan fingerprint density at radius 3 is 2.26 bits per heavy atom. The van der Waals surface area contributed by atoms with Crippen molar-refractivity contribution in [2.45, 2.75) is 57.3 Å². The molecule has 5 N–H and O–H groups in total. The summed E-state index contributed by atoms with van der Waals surface area (Å²) in [6.45, 7) is 5.72. The summed E-state index contributed by atoms with van der Waals surface area (Å²) in [5.74, 6) is 0.0392. The maximum Gasteiger partial charge on any atom is 0.354 e. The van der Waals surface area contributed by atoms with E-state index in [4.69, 9.17) is 11.5 Å². The number of hydrogen-bond acceptors (Lipinski definition) is 7. The third kappa shape index (κ3) is 7.10. The second-order valence-corrected chi connectivity index (χ2v) is 10.7. The summed E-state index contributed by atoms with van der Waals surface area (Å²) in [6.07, 6.45) is 4.83. The van der Waals surface area contributed by atoms with Gasteiger partial charge in [0.05, 0.1) is 11.2 Å². The molecule has 0 radical (unpaired) electrons. The molecule has 3 amide bonds. The van der Waals surface area contributed by atoms with Crippen molar-refractivity contribution in [2.24, 2.45) is 11.5 Å². The summed E-state index contributed by atoms with van der Waals surface area (Å²) in [6, 6.07) is 9.86. The van der Waals surface area contributed by atoms with Gasteiger partial charge in [0.2, 0.25) is 5.91 Å². The van der Waals surface area contributed by atoms with Gasteiger partial charge in [0.15, 0.2) is 0 Å². The van der Waals surface area contributed by atoms with E-state index < -0.39 is 11.2 Å². The van der Waals surface area contributed by atoms with Crippen LogP contribution in [0.5, 0.6) is 0 Å². The molecule has 1 saturated heterocycles. The van der Waals surface area contributed by atoms with Crippen LogP contribution in [-0.4, -0.2) is 87.0 Å². The molecule has 0 unspecified atom stereocenters. The summed E-state index contributed by atoms with van der Waals surface area (Å²) in [5, 5.41) is 2.69. The Kier molecular flexibility index (Phi) is 9.53. The van der Waals surface area contributed by atoms with Crippen LogP contribution in [0.3, 0.4) is 0 Å². The van der Waals surface area contributed by atoms with Gasteiger partial charge in [-0.2, -0.15) is 4.98 Å². The largest absolute Gasteiger partial charge is 0.354 e. The highest BCUT2D eigenvalue weighted by Gasteiger charge is 2.31. The number of hydrogen-bond donors (Lipinski definition) is 3. The fourth-order valence-electron chi connectivity index (χ4n) is 4.95. The molecule has 0 bridgehead atoms. The van der Waals surface area contributed by atoms with Crippen molar-refractivity contribution in [3.63, 3.8) is 0 Å². The molecule has 1 saturated carbocycles. The first-order chi connectivity index (χ1) is 17.5. The molecule has 2 fully saturated rings. The van der Waals surface area contributed by atoms with Crippen molar-refractivity contribution in [3.05, 3.63) is 52.6 Å². The second kappa shape index (κ2) is 12.2. The Labute approximate surface area is 229 Å². The monoisotopic (exact) mass is 546 g/mol. The number of piperazine rings is 1. The summed E-state index contributed by atoms with van der Waals surface area (Å²) in [7, 11) is 2.12. The van der Waals surface area contributed by atoms with Crippen LogP contribution in [0.1, 0.15) is 38.7 Å². The molecule has 1 aromatic carbocycles. The number of carbonyl (C=O) groups is 2. The van der Waals surface area contributed by atoms with Gasteiger partial charge in [0, 0.05) is 51.0 Å². The Balaban J connectivity index is 0.00000400. The number of anilines is 1. The molecule has 2 atom stereocenters. The molecular weight excluding hydrogens is 508 g/mol. The van der Waals surface area contributed by atoms with Crippen molar-refractivity contribution >= 4 is 30.2 Å². The van der Waals surface area contributed by atoms with Crippen LogP contribution >= 0.6 is 12.4 Å². The van der Waals surface area contributed by atoms with Crippen LogP contribution in [0.15, 0.2) is 41.3 Å². The van der Waals surface area contributed by atoms with Gasteiger partial charge in [-0.25, -0.2) is 9.59 Å². The lowest BCUT2D eigenvalue weighted by molar-refractivity contribution is -0.137. The molecule has 0 spiro atoms. The Morgan fingerprint density at radius 2 is 1.71 bits per heavy atom. The van der Waals surface area contributed by atoms with E-state index in [1.807, 2.05) is 24.3 Å². The summed E-state index contributed by atoms with van der Waals surface area (Å²) in [4.78, 5) is 47.3. The van der Waals surface area contributed by atoms with E-state index in [2.05, 4.69) is 22.2 Å². The maximum absolute atomic E-state index is 12.7. The first-order valence-electron chi connectivity index (χ1n) is 12.8. The summed E-state index contributed by atoms with van der Waals surface area (Å²) >= 11 is 0. The minimum absolute atomic E-state index is 0. The second-order valence-electron chi connectivity index (χ2n) is 10.7. The van der Waals surface area contributed by atoms with Crippen LogP contribution in [0.4, 0.5) is 10.6 Å². The van der Waals surface area contributed by atoms with Gasteiger partial charge in [0.25, 0.3) is 0 Å². The zero-order valence-electron chi connectivity index (χ0n) is 22.3. The molecule has 4 rings (SSSR count). The van der Waals surface area contributed by atoms with Gasteiger partial charge in [-0.05, 0) is 63.9 Å². The molecule has 2 aromatic rings. The fourth-order valence-corrected chi connectivity index (χ4v) is 4.95.